The first-order valence-electron chi connectivity index (χ1n) is 12.2. The van der Waals surface area contributed by atoms with Crippen LogP contribution in [0.5, 0.6) is 0 Å². The van der Waals surface area contributed by atoms with Crippen molar-refractivity contribution in [1.29, 1.82) is 0 Å². The van der Waals surface area contributed by atoms with Gasteiger partial charge in [0.1, 0.15) is 5.76 Å². The number of rotatable bonds is 13. The Morgan fingerprint density at radius 1 is 1.19 bits per heavy atom. The Hall–Kier alpha value is -1.57. The lowest BCUT2D eigenvalue weighted by Gasteiger charge is -2.28. The molecule has 3 rings (SSSR count). The van der Waals surface area contributed by atoms with Crippen molar-refractivity contribution in [3.8, 4) is 0 Å². The van der Waals surface area contributed by atoms with Crippen LogP contribution in [0.4, 0.5) is 0 Å². The van der Waals surface area contributed by atoms with Crippen molar-refractivity contribution >= 4 is 5.96 Å². The molecule has 176 valence electrons. The first-order valence-corrected chi connectivity index (χ1v) is 12.2. The number of hydrogen-bond acceptors (Lipinski definition) is 5. The Kier molecular flexibility index (Phi) is 10.7. The Balaban J connectivity index is 1.48. The molecule has 1 aromatic rings. The molecular weight excluding hydrogens is 392 g/mol. The first kappa shape index (κ1) is 24.1. The standard InChI is InChI=1S/C24H42N4O3/c1-2-29-18-11-24(9-3-4-10-24)21-27-23(26-13-8-22-7-5-17-31-22)25-12-6-14-28-15-19-30-20-16-28/h5,7,17H,2-4,6,8-16,18-21H2,1H3,(H2,25,26,27). The molecule has 0 radical (unpaired) electrons. The summed E-state index contributed by atoms with van der Waals surface area (Å²) in [6.07, 6.45) is 9.97. The van der Waals surface area contributed by atoms with Crippen molar-refractivity contribution in [3.63, 3.8) is 0 Å². The zero-order chi connectivity index (χ0) is 21.6. The van der Waals surface area contributed by atoms with Gasteiger partial charge in [-0.15, -0.1) is 0 Å². The lowest BCUT2D eigenvalue weighted by Crippen LogP contribution is -2.42. The molecule has 7 heteroatoms. The number of furan rings is 1. The van der Waals surface area contributed by atoms with E-state index in [9.17, 15) is 0 Å². The van der Waals surface area contributed by atoms with Gasteiger partial charge in [0.05, 0.1) is 19.5 Å². The fourth-order valence-corrected chi connectivity index (χ4v) is 4.56. The highest BCUT2D eigenvalue weighted by Crippen LogP contribution is 2.41. The van der Waals surface area contributed by atoms with E-state index in [1.54, 1.807) is 6.26 Å². The van der Waals surface area contributed by atoms with Gasteiger partial charge in [0.25, 0.3) is 0 Å². The van der Waals surface area contributed by atoms with Crippen LogP contribution in [0.15, 0.2) is 27.8 Å². The monoisotopic (exact) mass is 434 g/mol. The maximum Gasteiger partial charge on any atom is 0.191 e. The van der Waals surface area contributed by atoms with Crippen LogP contribution in [-0.2, 0) is 15.9 Å². The summed E-state index contributed by atoms with van der Waals surface area (Å²) in [5.41, 5.74) is 0.304. The summed E-state index contributed by atoms with van der Waals surface area (Å²) in [6.45, 7) is 11.2. The van der Waals surface area contributed by atoms with E-state index in [0.717, 1.165) is 96.7 Å². The zero-order valence-electron chi connectivity index (χ0n) is 19.4. The molecule has 2 aliphatic rings. The van der Waals surface area contributed by atoms with Gasteiger partial charge in [0, 0.05) is 52.4 Å². The summed E-state index contributed by atoms with van der Waals surface area (Å²) in [6, 6.07) is 3.96. The Labute approximate surface area is 187 Å². The van der Waals surface area contributed by atoms with Gasteiger partial charge in [0.15, 0.2) is 5.96 Å². The van der Waals surface area contributed by atoms with Gasteiger partial charge in [-0.25, -0.2) is 0 Å². The van der Waals surface area contributed by atoms with Gasteiger partial charge < -0.3 is 24.5 Å². The van der Waals surface area contributed by atoms with E-state index < -0.39 is 0 Å². The number of hydrogen-bond donors (Lipinski definition) is 2. The van der Waals surface area contributed by atoms with E-state index in [0.29, 0.717) is 5.41 Å². The predicted molar refractivity (Wildman–Crippen MR) is 125 cm³/mol. The van der Waals surface area contributed by atoms with Gasteiger partial charge in [0.2, 0.25) is 0 Å². The van der Waals surface area contributed by atoms with Crippen molar-refractivity contribution in [2.24, 2.45) is 10.4 Å². The number of ether oxygens (including phenoxy) is 2. The van der Waals surface area contributed by atoms with E-state index in [1.807, 2.05) is 12.1 Å². The molecule has 1 aliphatic heterocycles. The summed E-state index contributed by atoms with van der Waals surface area (Å²) in [4.78, 5) is 7.51. The van der Waals surface area contributed by atoms with Crippen LogP contribution in [0.1, 0.15) is 51.2 Å². The normalized spacial score (nSPS) is 19.6. The van der Waals surface area contributed by atoms with Crippen LogP contribution in [-0.4, -0.2) is 76.6 Å². The maximum atomic E-state index is 5.67. The minimum atomic E-state index is 0.304. The molecule has 0 aromatic carbocycles. The molecule has 1 saturated heterocycles. The SMILES string of the molecule is CCOCCC1(CN=C(NCCCN2CCOCC2)NCCc2ccco2)CCCC1. The highest BCUT2D eigenvalue weighted by molar-refractivity contribution is 5.79. The lowest BCUT2D eigenvalue weighted by atomic mass is 9.83. The van der Waals surface area contributed by atoms with E-state index in [2.05, 4.69) is 22.5 Å². The highest BCUT2D eigenvalue weighted by Gasteiger charge is 2.33. The number of nitrogens with zero attached hydrogens (tertiary/aromatic N) is 2. The van der Waals surface area contributed by atoms with Crippen LogP contribution < -0.4 is 10.6 Å². The molecule has 1 aliphatic carbocycles. The molecule has 31 heavy (non-hydrogen) atoms. The van der Waals surface area contributed by atoms with Crippen molar-refractivity contribution in [3.05, 3.63) is 24.2 Å². The summed E-state index contributed by atoms with van der Waals surface area (Å²) < 4.78 is 16.6. The minimum absolute atomic E-state index is 0.304. The lowest BCUT2D eigenvalue weighted by molar-refractivity contribution is 0.0376. The molecule has 0 unspecified atom stereocenters. The van der Waals surface area contributed by atoms with Crippen LogP contribution >= 0.6 is 0 Å². The maximum absolute atomic E-state index is 5.67. The number of nitrogens with one attached hydrogen (secondary N) is 2. The highest BCUT2D eigenvalue weighted by atomic mass is 16.5. The fraction of sp³-hybridized carbons (Fsp3) is 0.792. The fourth-order valence-electron chi connectivity index (χ4n) is 4.56. The Bertz CT molecular complexity index is 608. The van der Waals surface area contributed by atoms with Crippen molar-refractivity contribution < 1.29 is 13.9 Å². The summed E-state index contributed by atoms with van der Waals surface area (Å²) >= 11 is 0. The minimum Gasteiger partial charge on any atom is -0.469 e. The molecule has 0 bridgehead atoms. The van der Waals surface area contributed by atoms with Crippen molar-refractivity contribution in [2.45, 2.75) is 51.9 Å². The molecule has 1 saturated carbocycles. The summed E-state index contributed by atoms with van der Waals surface area (Å²) in [5.74, 6) is 1.93. The smallest absolute Gasteiger partial charge is 0.191 e. The van der Waals surface area contributed by atoms with Crippen molar-refractivity contribution in [1.82, 2.24) is 15.5 Å². The molecule has 2 heterocycles. The molecule has 2 N–H and O–H groups in total. The van der Waals surface area contributed by atoms with Crippen LogP contribution in [0.3, 0.4) is 0 Å². The third kappa shape index (κ3) is 8.83. The zero-order valence-corrected chi connectivity index (χ0v) is 19.4. The third-order valence-electron chi connectivity index (χ3n) is 6.51. The van der Waals surface area contributed by atoms with Gasteiger partial charge in [-0.3, -0.25) is 9.89 Å². The molecule has 2 fully saturated rings. The Morgan fingerprint density at radius 2 is 2.00 bits per heavy atom. The van der Waals surface area contributed by atoms with Gasteiger partial charge in [-0.2, -0.15) is 0 Å². The van der Waals surface area contributed by atoms with Gasteiger partial charge in [-0.05, 0) is 56.7 Å². The second-order valence-corrected chi connectivity index (χ2v) is 8.81. The summed E-state index contributed by atoms with van der Waals surface area (Å²) in [5, 5.41) is 7.09. The molecule has 0 atom stereocenters. The number of aliphatic imine (C=N–C) groups is 1. The van der Waals surface area contributed by atoms with Crippen LogP contribution in [0, 0.1) is 5.41 Å². The molecule has 1 aromatic heterocycles. The average molecular weight is 435 g/mol. The largest absolute Gasteiger partial charge is 0.469 e. The predicted octanol–water partition coefficient (Wildman–Crippen LogP) is 3.07. The van der Waals surface area contributed by atoms with Crippen molar-refractivity contribution in [2.75, 3.05) is 65.7 Å². The topological polar surface area (TPSA) is 71.3 Å². The van der Waals surface area contributed by atoms with E-state index in [4.69, 9.17) is 18.9 Å². The number of morpholine rings is 1. The Morgan fingerprint density at radius 3 is 2.74 bits per heavy atom. The van der Waals surface area contributed by atoms with Gasteiger partial charge in [-0.1, -0.05) is 12.8 Å². The molecule has 7 nitrogen and oxygen atoms in total. The average Bonchev–Trinajstić information content (AvgIpc) is 3.48. The summed E-state index contributed by atoms with van der Waals surface area (Å²) in [7, 11) is 0. The van der Waals surface area contributed by atoms with Gasteiger partial charge >= 0.3 is 0 Å². The molecule has 0 spiro atoms. The molecular formula is C24H42N4O3. The second kappa shape index (κ2) is 13.8. The molecule has 0 amide bonds. The first-order chi connectivity index (χ1) is 15.3. The van der Waals surface area contributed by atoms with E-state index in [1.165, 1.54) is 25.7 Å². The third-order valence-corrected chi connectivity index (χ3v) is 6.51. The quantitative estimate of drug-likeness (QED) is 0.282. The van der Waals surface area contributed by atoms with Crippen LogP contribution in [0.25, 0.3) is 0 Å². The van der Waals surface area contributed by atoms with E-state index in [-0.39, 0.29) is 0 Å². The van der Waals surface area contributed by atoms with E-state index >= 15 is 0 Å². The number of guanidine groups is 1. The second-order valence-electron chi connectivity index (χ2n) is 8.81. The van der Waals surface area contributed by atoms with Crippen LogP contribution in [0.2, 0.25) is 0 Å².